The first-order chi connectivity index (χ1) is 18.4. The molecule has 4 heterocycles. The summed E-state index contributed by atoms with van der Waals surface area (Å²) in [4.78, 5) is 14.1. The van der Waals surface area contributed by atoms with Gasteiger partial charge in [-0.05, 0) is 65.6 Å². The van der Waals surface area contributed by atoms with Crippen LogP contribution in [0, 0.1) is 5.92 Å². The molecule has 1 atom stereocenters. The Balaban J connectivity index is 1.39. The highest BCUT2D eigenvalue weighted by atomic mass is 19.4. The summed E-state index contributed by atoms with van der Waals surface area (Å²) in [5.41, 5.74) is 6.40. The summed E-state index contributed by atoms with van der Waals surface area (Å²) in [5.74, 6) is 0.0125. The summed E-state index contributed by atoms with van der Waals surface area (Å²) in [6.07, 6.45) is 5.44. The third kappa shape index (κ3) is 4.69. The van der Waals surface area contributed by atoms with Crippen LogP contribution in [0.3, 0.4) is 0 Å². The summed E-state index contributed by atoms with van der Waals surface area (Å²) < 4.78 is 41.9. The number of hydrogen-bond donors (Lipinski definition) is 1. The summed E-state index contributed by atoms with van der Waals surface area (Å²) in [6.45, 7) is -0.0323. The van der Waals surface area contributed by atoms with Crippen LogP contribution in [-0.4, -0.2) is 43.8 Å². The van der Waals surface area contributed by atoms with Gasteiger partial charge in [-0.25, -0.2) is 4.90 Å². The van der Waals surface area contributed by atoms with E-state index >= 15 is 0 Å². The van der Waals surface area contributed by atoms with Crippen molar-refractivity contribution in [3.05, 3.63) is 85.1 Å². The number of aromatic nitrogens is 4. The first kappa shape index (κ1) is 24.4. The smallest absolute Gasteiger partial charge is 0.378 e. The highest BCUT2D eigenvalue weighted by molar-refractivity contribution is 5.97. The minimum Gasteiger partial charge on any atom is -0.378 e. The molecule has 0 radical (unpaired) electrons. The summed E-state index contributed by atoms with van der Waals surface area (Å²) >= 11 is 0. The zero-order valence-electron chi connectivity index (χ0n) is 20.9. The first-order valence-electron chi connectivity index (χ1n) is 12.7. The van der Waals surface area contributed by atoms with Crippen molar-refractivity contribution >= 4 is 27.6 Å². The highest BCUT2D eigenvalue weighted by Gasteiger charge is 2.40. The molecular formula is C29H27F3N6. The van der Waals surface area contributed by atoms with Gasteiger partial charge in [0.15, 0.2) is 0 Å². The Kier molecular flexibility index (Phi) is 6.23. The van der Waals surface area contributed by atoms with E-state index in [1.54, 1.807) is 24.8 Å². The maximum Gasteiger partial charge on any atom is 0.459 e. The third-order valence-corrected chi connectivity index (χ3v) is 7.51. The Hall–Kier alpha value is -3.98. The average molecular weight is 517 g/mol. The van der Waals surface area contributed by atoms with Crippen LogP contribution >= 0.6 is 0 Å². The molecule has 0 aliphatic carbocycles. The molecule has 1 unspecified atom stereocenters. The number of hydrogen-bond acceptors (Lipinski definition) is 5. The molecule has 9 heteroatoms. The van der Waals surface area contributed by atoms with Crippen LogP contribution in [-0.2, 0) is 7.05 Å². The molecule has 194 valence electrons. The number of nitrogens with one attached hydrogen (secondary N) is 1. The molecule has 5 aromatic rings. The van der Waals surface area contributed by atoms with Gasteiger partial charge < -0.3 is 9.88 Å². The van der Waals surface area contributed by atoms with Crippen LogP contribution in [0.25, 0.3) is 33.1 Å². The van der Waals surface area contributed by atoms with Gasteiger partial charge in [0, 0.05) is 67.9 Å². The van der Waals surface area contributed by atoms with Crippen LogP contribution < -0.4 is 5.32 Å². The normalized spacial score (nSPS) is 16.2. The molecule has 6 rings (SSSR count). The lowest BCUT2D eigenvalue weighted by molar-refractivity contribution is -0.251. The van der Waals surface area contributed by atoms with Gasteiger partial charge in [-0.1, -0.05) is 18.2 Å². The zero-order valence-corrected chi connectivity index (χ0v) is 20.9. The third-order valence-electron chi connectivity index (χ3n) is 7.51. The fraction of sp³-hybridized carbons (Fsp3) is 0.276. The van der Waals surface area contributed by atoms with Crippen molar-refractivity contribution in [2.24, 2.45) is 13.0 Å². The fourth-order valence-corrected chi connectivity index (χ4v) is 5.51. The van der Waals surface area contributed by atoms with Crippen LogP contribution in [0.1, 0.15) is 24.4 Å². The molecule has 3 aromatic heterocycles. The first-order valence-corrected chi connectivity index (χ1v) is 12.7. The average Bonchev–Trinajstić information content (AvgIpc) is 3.31. The van der Waals surface area contributed by atoms with E-state index in [9.17, 15) is 13.2 Å². The number of rotatable bonds is 5. The second-order valence-corrected chi connectivity index (χ2v) is 9.85. The van der Waals surface area contributed by atoms with Crippen LogP contribution in [0.15, 0.2) is 79.5 Å². The number of nitrogens with zero attached hydrogens (tertiary/aromatic N) is 5. The predicted molar refractivity (Wildman–Crippen MR) is 142 cm³/mol. The Morgan fingerprint density at radius 2 is 1.79 bits per heavy atom. The van der Waals surface area contributed by atoms with Crippen molar-refractivity contribution < 1.29 is 13.2 Å². The maximum atomic E-state index is 13.3. The Labute approximate surface area is 218 Å². The number of halogens is 3. The lowest BCUT2D eigenvalue weighted by Gasteiger charge is -2.37. The molecule has 0 amide bonds. The minimum atomic E-state index is -4.30. The van der Waals surface area contributed by atoms with Gasteiger partial charge in [0.25, 0.3) is 0 Å². The van der Waals surface area contributed by atoms with E-state index in [4.69, 9.17) is 0 Å². The summed E-state index contributed by atoms with van der Waals surface area (Å²) in [5, 5.41) is 4.81. The molecule has 0 spiro atoms. The van der Waals surface area contributed by atoms with Gasteiger partial charge in [0.2, 0.25) is 0 Å². The Morgan fingerprint density at radius 1 is 0.974 bits per heavy atom. The van der Waals surface area contributed by atoms with E-state index in [-0.39, 0.29) is 25.0 Å². The van der Waals surface area contributed by atoms with Crippen molar-refractivity contribution in [1.82, 2.24) is 24.4 Å². The number of alkyl halides is 3. The quantitative estimate of drug-likeness (QED) is 0.268. The van der Waals surface area contributed by atoms with E-state index < -0.39 is 6.30 Å². The SMILES string of the molecule is Cn1ccc2ccc(-c3cc(NC(c4cccnc4)C4CCN(C(F)(F)F)CC4)cc4nccnc34)cc21. The van der Waals surface area contributed by atoms with Gasteiger partial charge in [-0.15, -0.1) is 0 Å². The van der Waals surface area contributed by atoms with E-state index in [0.717, 1.165) is 44.3 Å². The number of benzene rings is 2. The van der Waals surface area contributed by atoms with Gasteiger partial charge in [-0.2, -0.15) is 13.2 Å². The van der Waals surface area contributed by atoms with Crippen molar-refractivity contribution in [3.63, 3.8) is 0 Å². The van der Waals surface area contributed by atoms with Crippen molar-refractivity contribution in [1.29, 1.82) is 0 Å². The minimum absolute atomic E-state index is 0.0125. The Bertz CT molecular complexity index is 1570. The van der Waals surface area contributed by atoms with Crippen molar-refractivity contribution in [2.75, 3.05) is 18.4 Å². The molecule has 1 aliphatic rings. The highest BCUT2D eigenvalue weighted by Crippen LogP contribution is 2.38. The molecule has 1 aliphatic heterocycles. The zero-order chi connectivity index (χ0) is 26.3. The number of fused-ring (bicyclic) bond motifs is 2. The number of likely N-dealkylation sites (tertiary alicyclic amines) is 1. The second-order valence-electron chi connectivity index (χ2n) is 9.85. The van der Waals surface area contributed by atoms with E-state index in [2.05, 4.69) is 55.2 Å². The summed E-state index contributed by atoms with van der Waals surface area (Å²) in [6, 6.07) is 16.1. The lowest BCUT2D eigenvalue weighted by atomic mass is 9.85. The van der Waals surface area contributed by atoms with Crippen molar-refractivity contribution in [2.45, 2.75) is 25.2 Å². The fourth-order valence-electron chi connectivity index (χ4n) is 5.51. The van der Waals surface area contributed by atoms with Crippen molar-refractivity contribution in [3.8, 4) is 11.1 Å². The van der Waals surface area contributed by atoms with E-state index in [1.165, 1.54) is 0 Å². The second kappa shape index (κ2) is 9.72. The van der Waals surface area contributed by atoms with Crippen LogP contribution in [0.2, 0.25) is 0 Å². The predicted octanol–water partition coefficient (Wildman–Crippen LogP) is 6.57. The van der Waals surface area contributed by atoms with E-state index in [0.29, 0.717) is 17.7 Å². The standard InChI is InChI=1S/C29H27F3N6/c1-37-12-6-19-4-5-21(15-26(19)37)24-16-23(17-25-28(24)35-11-10-34-25)36-27(22-3-2-9-33-18-22)20-7-13-38(14-8-20)29(30,31)32/h2-6,9-12,15-18,20,27,36H,7-8,13-14H2,1H3. The summed E-state index contributed by atoms with van der Waals surface area (Å²) in [7, 11) is 2.02. The molecule has 0 saturated carbocycles. The molecular weight excluding hydrogens is 489 g/mol. The van der Waals surface area contributed by atoms with Gasteiger partial charge in [0.1, 0.15) is 0 Å². The largest absolute Gasteiger partial charge is 0.459 e. The molecule has 1 N–H and O–H groups in total. The number of piperidine rings is 1. The van der Waals surface area contributed by atoms with Gasteiger partial charge in [0.05, 0.1) is 17.1 Å². The molecule has 1 saturated heterocycles. The molecule has 0 bridgehead atoms. The number of anilines is 1. The Morgan fingerprint density at radius 3 is 2.55 bits per heavy atom. The number of aryl methyl sites for hydroxylation is 1. The maximum absolute atomic E-state index is 13.3. The van der Waals surface area contributed by atoms with Gasteiger partial charge >= 0.3 is 6.30 Å². The van der Waals surface area contributed by atoms with E-state index in [1.807, 2.05) is 31.4 Å². The molecule has 1 fully saturated rings. The topological polar surface area (TPSA) is 58.9 Å². The van der Waals surface area contributed by atoms with Gasteiger partial charge in [-0.3, -0.25) is 15.0 Å². The lowest BCUT2D eigenvalue weighted by Crippen LogP contribution is -2.45. The number of pyridine rings is 1. The molecule has 38 heavy (non-hydrogen) atoms. The van der Waals surface area contributed by atoms with Crippen LogP contribution in [0.5, 0.6) is 0 Å². The molecule has 2 aromatic carbocycles. The molecule has 6 nitrogen and oxygen atoms in total. The monoisotopic (exact) mass is 516 g/mol. The van der Waals surface area contributed by atoms with Crippen LogP contribution in [0.4, 0.5) is 18.9 Å².